The topological polar surface area (TPSA) is 149 Å². The number of aliphatic hydroxyl groups excluding tert-OH is 5. The van der Waals surface area contributed by atoms with Crippen LogP contribution in [0.4, 0.5) is 0 Å². The molecular formula is C69H131NO8. The molecule has 1 rings (SSSR count). The fourth-order valence-corrected chi connectivity index (χ4v) is 11.1. The second-order valence-corrected chi connectivity index (χ2v) is 24.0. The first kappa shape index (κ1) is 74.4. The fraction of sp³-hybridized carbons (Fsp3) is 0.899. The third kappa shape index (κ3) is 47.0. The third-order valence-corrected chi connectivity index (χ3v) is 16.4. The molecule has 7 unspecified atom stereocenters. The number of carbonyl (C=O) groups is 1. The van der Waals surface area contributed by atoms with E-state index in [2.05, 4.69) is 43.5 Å². The molecule has 0 aromatic heterocycles. The average molecular weight is 1100 g/mol. The van der Waals surface area contributed by atoms with Crippen molar-refractivity contribution in [1.29, 1.82) is 0 Å². The summed E-state index contributed by atoms with van der Waals surface area (Å²) in [5.74, 6) is -0.180. The fourth-order valence-electron chi connectivity index (χ4n) is 11.1. The van der Waals surface area contributed by atoms with Gasteiger partial charge in [-0.2, -0.15) is 0 Å². The summed E-state index contributed by atoms with van der Waals surface area (Å²) in [5, 5.41) is 54.7. The molecular weight excluding hydrogens is 971 g/mol. The Morgan fingerprint density at radius 3 is 1.08 bits per heavy atom. The zero-order valence-electron chi connectivity index (χ0n) is 51.4. The number of hydrogen-bond acceptors (Lipinski definition) is 8. The molecule has 1 fully saturated rings. The zero-order valence-corrected chi connectivity index (χ0v) is 51.4. The highest BCUT2D eigenvalue weighted by molar-refractivity contribution is 5.76. The molecule has 9 nitrogen and oxygen atoms in total. The highest BCUT2D eigenvalue weighted by Gasteiger charge is 2.44. The van der Waals surface area contributed by atoms with E-state index in [-0.39, 0.29) is 12.5 Å². The largest absolute Gasteiger partial charge is 0.394 e. The number of unbranched alkanes of at least 4 members (excludes halogenated alkanes) is 46. The number of rotatable bonds is 60. The van der Waals surface area contributed by atoms with Gasteiger partial charge in [0.25, 0.3) is 0 Å². The first-order valence-corrected chi connectivity index (χ1v) is 34.2. The van der Waals surface area contributed by atoms with Crippen molar-refractivity contribution in [2.24, 2.45) is 0 Å². The highest BCUT2D eigenvalue weighted by Crippen LogP contribution is 2.23. The lowest BCUT2D eigenvalue weighted by molar-refractivity contribution is -0.302. The number of hydrogen-bond donors (Lipinski definition) is 6. The molecule has 0 bridgehead atoms. The standard InChI is InChI=1S/C69H131NO8/c1-3-5-7-9-11-13-15-17-19-21-23-25-27-28-29-30-31-32-33-34-35-37-39-41-43-45-47-49-51-53-55-57-59-65(73)70-62(61-77-69-68(76)67(75)66(74)64(60-71)78-69)63(72)58-56-54-52-50-48-46-44-42-40-38-36-26-24-22-20-18-16-14-12-10-8-6-4-2/h28-29,48,50,56,58,62-64,66-69,71-72,74-76H,3-27,30-47,49,51-55,57,59-61H2,1-2H3,(H,70,73)/b29-28-,50-48+,58-56+. The van der Waals surface area contributed by atoms with Gasteiger partial charge in [0.1, 0.15) is 24.4 Å². The summed E-state index contributed by atoms with van der Waals surface area (Å²) in [6.07, 6.45) is 71.1. The van der Waals surface area contributed by atoms with E-state index in [9.17, 15) is 30.3 Å². The summed E-state index contributed by atoms with van der Waals surface area (Å²) in [4.78, 5) is 13.1. The first-order chi connectivity index (χ1) is 38.3. The molecule has 78 heavy (non-hydrogen) atoms. The van der Waals surface area contributed by atoms with Gasteiger partial charge in [0, 0.05) is 6.42 Å². The minimum absolute atomic E-state index is 0.180. The van der Waals surface area contributed by atoms with Gasteiger partial charge in [-0.25, -0.2) is 0 Å². The average Bonchev–Trinajstić information content (AvgIpc) is 3.45. The van der Waals surface area contributed by atoms with E-state index < -0.39 is 49.5 Å². The molecule has 0 aromatic rings. The smallest absolute Gasteiger partial charge is 0.220 e. The minimum Gasteiger partial charge on any atom is -0.394 e. The molecule has 0 aliphatic carbocycles. The summed E-state index contributed by atoms with van der Waals surface area (Å²) in [6.45, 7) is 3.81. The highest BCUT2D eigenvalue weighted by atomic mass is 16.7. The third-order valence-electron chi connectivity index (χ3n) is 16.4. The summed E-state index contributed by atoms with van der Waals surface area (Å²) in [5.41, 5.74) is 0. The number of ether oxygens (including phenoxy) is 2. The van der Waals surface area contributed by atoms with Crippen molar-refractivity contribution >= 4 is 5.91 Å². The lowest BCUT2D eigenvalue weighted by atomic mass is 9.99. The predicted octanol–water partition coefficient (Wildman–Crippen LogP) is 18.3. The Balaban J connectivity index is 2.14. The number of amides is 1. The van der Waals surface area contributed by atoms with Crippen molar-refractivity contribution in [2.75, 3.05) is 13.2 Å². The molecule has 1 aliphatic heterocycles. The van der Waals surface area contributed by atoms with Gasteiger partial charge < -0.3 is 40.3 Å². The molecule has 6 N–H and O–H groups in total. The Hall–Kier alpha value is -1.59. The molecule has 7 atom stereocenters. The van der Waals surface area contributed by atoms with Crippen LogP contribution in [0.15, 0.2) is 36.5 Å². The van der Waals surface area contributed by atoms with Crippen molar-refractivity contribution < 1.29 is 39.8 Å². The van der Waals surface area contributed by atoms with E-state index in [1.54, 1.807) is 6.08 Å². The van der Waals surface area contributed by atoms with Crippen molar-refractivity contribution in [1.82, 2.24) is 5.32 Å². The second-order valence-electron chi connectivity index (χ2n) is 24.0. The van der Waals surface area contributed by atoms with Crippen molar-refractivity contribution in [3.8, 4) is 0 Å². The molecule has 0 aromatic carbocycles. The Bertz CT molecular complexity index is 1320. The minimum atomic E-state index is -1.57. The second kappa shape index (κ2) is 58.6. The van der Waals surface area contributed by atoms with Crippen LogP contribution in [0.25, 0.3) is 0 Å². The van der Waals surface area contributed by atoms with E-state index >= 15 is 0 Å². The van der Waals surface area contributed by atoms with Gasteiger partial charge in [0.05, 0.1) is 25.4 Å². The van der Waals surface area contributed by atoms with Gasteiger partial charge in [0.15, 0.2) is 6.29 Å². The number of carbonyl (C=O) groups excluding carboxylic acids is 1. The number of allylic oxidation sites excluding steroid dienone is 5. The van der Waals surface area contributed by atoms with E-state index in [4.69, 9.17) is 9.47 Å². The Labute approximate surface area is 482 Å². The van der Waals surface area contributed by atoms with Crippen LogP contribution >= 0.6 is 0 Å². The summed E-state index contributed by atoms with van der Waals surface area (Å²) >= 11 is 0. The van der Waals surface area contributed by atoms with Crippen molar-refractivity contribution in [2.45, 2.75) is 384 Å². The summed E-state index contributed by atoms with van der Waals surface area (Å²) < 4.78 is 11.3. The lowest BCUT2D eigenvalue weighted by Crippen LogP contribution is -2.60. The van der Waals surface area contributed by atoms with Gasteiger partial charge in [-0.3, -0.25) is 4.79 Å². The van der Waals surface area contributed by atoms with Crippen molar-refractivity contribution in [3.63, 3.8) is 0 Å². The SMILES string of the molecule is CCCCCCCCCCCCCC/C=C\CCCCCCCCCCCCCCCCCCC(=O)NC(COC1OC(CO)C(O)C(O)C1O)C(O)/C=C/CC/C=C/CCCCCCCCCCCCCCCCCCC. The molecule has 460 valence electrons. The first-order valence-electron chi connectivity index (χ1n) is 34.2. The molecule has 0 spiro atoms. The van der Waals surface area contributed by atoms with Crippen molar-refractivity contribution in [3.05, 3.63) is 36.5 Å². The number of nitrogens with one attached hydrogen (secondary N) is 1. The van der Waals surface area contributed by atoms with Crippen LogP contribution in [-0.4, -0.2) is 87.5 Å². The Kier molecular flexibility index (Phi) is 55.9. The van der Waals surface area contributed by atoms with Gasteiger partial charge in [-0.1, -0.05) is 314 Å². The van der Waals surface area contributed by atoms with Crippen LogP contribution in [-0.2, 0) is 14.3 Å². The molecule has 1 aliphatic rings. The number of aliphatic hydroxyl groups is 5. The van der Waals surface area contributed by atoms with Gasteiger partial charge >= 0.3 is 0 Å². The van der Waals surface area contributed by atoms with Gasteiger partial charge in [0.2, 0.25) is 5.91 Å². The van der Waals surface area contributed by atoms with E-state index in [0.717, 1.165) is 38.5 Å². The van der Waals surface area contributed by atoms with Crippen LogP contribution in [0.2, 0.25) is 0 Å². The Morgan fingerprint density at radius 2 is 0.731 bits per heavy atom. The molecule has 9 heteroatoms. The summed E-state index contributed by atoms with van der Waals surface area (Å²) in [6, 6.07) is -0.822. The Morgan fingerprint density at radius 1 is 0.423 bits per heavy atom. The molecule has 1 saturated heterocycles. The molecule has 1 amide bonds. The van der Waals surface area contributed by atoms with Gasteiger partial charge in [-0.05, 0) is 57.8 Å². The van der Waals surface area contributed by atoms with Crippen LogP contribution in [0.5, 0.6) is 0 Å². The van der Waals surface area contributed by atoms with Gasteiger partial charge in [-0.15, -0.1) is 0 Å². The van der Waals surface area contributed by atoms with Crippen LogP contribution in [0, 0.1) is 0 Å². The maximum Gasteiger partial charge on any atom is 0.220 e. The molecule has 0 saturated carbocycles. The molecule has 0 radical (unpaired) electrons. The maximum absolute atomic E-state index is 13.1. The monoisotopic (exact) mass is 1100 g/mol. The van der Waals surface area contributed by atoms with Crippen LogP contribution in [0.3, 0.4) is 0 Å². The zero-order chi connectivity index (χ0) is 56.5. The predicted molar refractivity (Wildman–Crippen MR) is 332 cm³/mol. The van der Waals surface area contributed by atoms with E-state index in [1.165, 1.54) is 283 Å². The van der Waals surface area contributed by atoms with Crippen LogP contribution in [0.1, 0.15) is 341 Å². The summed E-state index contributed by atoms with van der Waals surface area (Å²) in [7, 11) is 0. The van der Waals surface area contributed by atoms with Crippen LogP contribution < -0.4 is 5.32 Å². The normalized spacial score (nSPS) is 18.8. The lowest BCUT2D eigenvalue weighted by Gasteiger charge is -2.40. The van der Waals surface area contributed by atoms with E-state index in [0.29, 0.717) is 6.42 Å². The quantitative estimate of drug-likeness (QED) is 0.0261. The van der Waals surface area contributed by atoms with E-state index in [1.807, 2.05) is 6.08 Å². The molecule has 1 heterocycles. The maximum atomic E-state index is 13.1.